The summed E-state index contributed by atoms with van der Waals surface area (Å²) < 4.78 is 32.2. The molecule has 1 saturated heterocycles. The maximum absolute atomic E-state index is 12.2. The van der Waals surface area contributed by atoms with E-state index in [1.54, 1.807) is 36.2 Å². The molecule has 2 rings (SSSR count). The van der Waals surface area contributed by atoms with Crippen molar-refractivity contribution in [3.63, 3.8) is 0 Å². The van der Waals surface area contributed by atoms with Crippen LogP contribution in [0.3, 0.4) is 0 Å². The Hall–Kier alpha value is -1.44. The predicted octanol–water partition coefficient (Wildman–Crippen LogP) is 0.385. The lowest BCUT2D eigenvalue weighted by Crippen LogP contribution is -2.48. The minimum absolute atomic E-state index is 0.00586. The molecule has 1 aromatic rings. The second-order valence-electron chi connectivity index (χ2n) is 5.06. The van der Waals surface area contributed by atoms with Gasteiger partial charge in [0.2, 0.25) is 15.9 Å². The van der Waals surface area contributed by atoms with E-state index in [1.165, 1.54) is 0 Å². The van der Waals surface area contributed by atoms with Gasteiger partial charge in [-0.3, -0.25) is 4.79 Å². The molecule has 1 aliphatic heterocycles. The molecule has 1 aromatic carbocycles. The quantitative estimate of drug-likeness (QED) is 0.853. The molecule has 0 spiro atoms. The van der Waals surface area contributed by atoms with Crippen molar-refractivity contribution < 1.29 is 17.9 Å². The van der Waals surface area contributed by atoms with Crippen LogP contribution < -0.4 is 4.72 Å². The van der Waals surface area contributed by atoms with Gasteiger partial charge in [0.1, 0.15) is 6.61 Å². The third-order valence-corrected chi connectivity index (χ3v) is 4.93. The fourth-order valence-electron chi connectivity index (χ4n) is 2.07. The molecule has 7 heteroatoms. The van der Waals surface area contributed by atoms with Gasteiger partial charge in [-0.2, -0.15) is 0 Å². The molecule has 1 fully saturated rings. The number of rotatable bonds is 5. The fourth-order valence-corrected chi connectivity index (χ4v) is 3.14. The smallest absolute Gasteiger partial charge is 0.248 e. The van der Waals surface area contributed by atoms with Crippen molar-refractivity contribution >= 4 is 15.9 Å². The summed E-state index contributed by atoms with van der Waals surface area (Å²) in [5.41, 5.74) is 1.09. The lowest BCUT2D eigenvalue weighted by molar-refractivity contribution is -0.146. The largest absolute Gasteiger partial charge is 0.365 e. The molecule has 1 heterocycles. The van der Waals surface area contributed by atoms with Crippen molar-refractivity contribution in [2.45, 2.75) is 24.3 Å². The Balaban J connectivity index is 1.96. The summed E-state index contributed by atoms with van der Waals surface area (Å²) in [4.78, 5) is 13.1. The zero-order chi connectivity index (χ0) is 15.5. The van der Waals surface area contributed by atoms with Gasteiger partial charge in [0, 0.05) is 20.1 Å². The molecule has 6 nitrogen and oxygen atoms in total. The zero-order valence-corrected chi connectivity index (χ0v) is 13.0. The topological polar surface area (TPSA) is 75.7 Å². The summed E-state index contributed by atoms with van der Waals surface area (Å²) in [6.07, 6.45) is 0.543. The van der Waals surface area contributed by atoms with Crippen LogP contribution in [0.2, 0.25) is 0 Å². The van der Waals surface area contributed by atoms with Crippen LogP contribution in [0.25, 0.3) is 0 Å². The van der Waals surface area contributed by atoms with Crippen molar-refractivity contribution in [2.24, 2.45) is 0 Å². The first-order valence-electron chi connectivity index (χ1n) is 6.86. The van der Waals surface area contributed by atoms with Crippen molar-refractivity contribution in [3.8, 4) is 0 Å². The van der Waals surface area contributed by atoms with Gasteiger partial charge in [-0.25, -0.2) is 13.1 Å². The second kappa shape index (κ2) is 6.55. The highest BCUT2D eigenvalue weighted by Gasteiger charge is 2.25. The number of likely N-dealkylation sites (N-methyl/N-ethyl adjacent to an activating group) is 1. The van der Waals surface area contributed by atoms with Crippen molar-refractivity contribution in [1.82, 2.24) is 9.62 Å². The van der Waals surface area contributed by atoms with E-state index in [0.717, 1.165) is 12.0 Å². The highest BCUT2D eigenvalue weighted by molar-refractivity contribution is 7.89. The first-order valence-corrected chi connectivity index (χ1v) is 8.35. The molecular formula is C14H20N2O4S. The molecule has 0 bridgehead atoms. The second-order valence-corrected chi connectivity index (χ2v) is 6.82. The van der Waals surface area contributed by atoms with E-state index in [-0.39, 0.29) is 30.1 Å². The summed E-state index contributed by atoms with van der Waals surface area (Å²) in [5.74, 6) is -0.0933. The number of morpholine rings is 1. The van der Waals surface area contributed by atoms with Crippen LogP contribution >= 0.6 is 0 Å². The summed E-state index contributed by atoms with van der Waals surface area (Å²) in [5, 5.41) is 0. The Bertz CT molecular complexity index is 598. The van der Waals surface area contributed by atoms with Crippen LogP contribution in [0.1, 0.15) is 12.5 Å². The van der Waals surface area contributed by atoms with Crippen LogP contribution in [-0.2, 0) is 26.0 Å². The number of carbonyl (C=O) groups excluding carboxylic acids is 1. The van der Waals surface area contributed by atoms with Gasteiger partial charge in [0.25, 0.3) is 0 Å². The molecule has 21 heavy (non-hydrogen) atoms. The molecule has 1 unspecified atom stereocenters. The van der Waals surface area contributed by atoms with Crippen molar-refractivity contribution in [3.05, 3.63) is 29.8 Å². The predicted molar refractivity (Wildman–Crippen MR) is 78.4 cm³/mol. The van der Waals surface area contributed by atoms with E-state index in [1.807, 2.05) is 6.92 Å². The van der Waals surface area contributed by atoms with Crippen LogP contribution in [0.15, 0.2) is 29.2 Å². The number of ether oxygens (including phenoxy) is 1. The molecule has 1 aliphatic rings. The Labute approximate surface area is 125 Å². The summed E-state index contributed by atoms with van der Waals surface area (Å²) in [6, 6.07) is 6.80. The van der Waals surface area contributed by atoms with Gasteiger partial charge >= 0.3 is 0 Å². The average molecular weight is 312 g/mol. The minimum atomic E-state index is -3.55. The Kier molecular flexibility index (Phi) is 4.97. The number of benzene rings is 1. The fraction of sp³-hybridized carbons (Fsp3) is 0.500. The number of nitrogens with one attached hydrogen (secondary N) is 1. The SMILES string of the molecule is CCc1ccc(S(=O)(=O)NCC2CN(C)C(=O)CO2)cc1. The van der Waals surface area contributed by atoms with Gasteiger partial charge in [-0.1, -0.05) is 19.1 Å². The van der Waals surface area contributed by atoms with Crippen LogP contribution in [0, 0.1) is 0 Å². The highest BCUT2D eigenvalue weighted by atomic mass is 32.2. The monoisotopic (exact) mass is 312 g/mol. The van der Waals surface area contributed by atoms with Crippen LogP contribution in [0.4, 0.5) is 0 Å². The van der Waals surface area contributed by atoms with Gasteiger partial charge in [0.15, 0.2) is 0 Å². The molecular weight excluding hydrogens is 292 g/mol. The lowest BCUT2D eigenvalue weighted by atomic mass is 10.2. The summed E-state index contributed by atoms with van der Waals surface area (Å²) >= 11 is 0. The first-order chi connectivity index (χ1) is 9.92. The van der Waals surface area contributed by atoms with Crippen LogP contribution in [0.5, 0.6) is 0 Å². The van der Waals surface area contributed by atoms with E-state index < -0.39 is 10.0 Å². The average Bonchev–Trinajstić information content (AvgIpc) is 2.48. The molecule has 0 aliphatic carbocycles. The van der Waals surface area contributed by atoms with Gasteiger partial charge in [-0.05, 0) is 24.1 Å². The lowest BCUT2D eigenvalue weighted by Gasteiger charge is -2.29. The van der Waals surface area contributed by atoms with Crippen molar-refractivity contribution in [2.75, 3.05) is 26.7 Å². The van der Waals surface area contributed by atoms with Crippen molar-refractivity contribution in [1.29, 1.82) is 0 Å². The van der Waals surface area contributed by atoms with E-state index in [9.17, 15) is 13.2 Å². The zero-order valence-electron chi connectivity index (χ0n) is 12.2. The number of aryl methyl sites for hydroxylation is 1. The molecule has 116 valence electrons. The van der Waals surface area contributed by atoms with Gasteiger partial charge in [-0.15, -0.1) is 0 Å². The summed E-state index contributed by atoms with van der Waals surface area (Å²) in [7, 11) is -1.87. The Morgan fingerprint density at radius 2 is 2.00 bits per heavy atom. The van der Waals surface area contributed by atoms with E-state index >= 15 is 0 Å². The van der Waals surface area contributed by atoms with E-state index in [0.29, 0.717) is 6.54 Å². The molecule has 0 aromatic heterocycles. The maximum Gasteiger partial charge on any atom is 0.248 e. The van der Waals surface area contributed by atoms with E-state index in [2.05, 4.69) is 4.72 Å². The molecule has 0 radical (unpaired) electrons. The Morgan fingerprint density at radius 1 is 1.33 bits per heavy atom. The number of hydrogen-bond acceptors (Lipinski definition) is 4. The normalized spacial score (nSPS) is 19.8. The number of nitrogens with zero attached hydrogens (tertiary/aromatic N) is 1. The van der Waals surface area contributed by atoms with Gasteiger partial charge in [0.05, 0.1) is 11.0 Å². The molecule has 1 N–H and O–H groups in total. The number of carbonyl (C=O) groups is 1. The van der Waals surface area contributed by atoms with E-state index in [4.69, 9.17) is 4.74 Å². The Morgan fingerprint density at radius 3 is 2.57 bits per heavy atom. The molecule has 1 amide bonds. The third-order valence-electron chi connectivity index (χ3n) is 3.49. The maximum atomic E-state index is 12.2. The highest BCUT2D eigenvalue weighted by Crippen LogP contribution is 2.11. The number of sulfonamides is 1. The van der Waals surface area contributed by atoms with Crippen LogP contribution in [-0.4, -0.2) is 52.1 Å². The number of amides is 1. The van der Waals surface area contributed by atoms with Gasteiger partial charge < -0.3 is 9.64 Å². The summed E-state index contributed by atoms with van der Waals surface area (Å²) in [6.45, 7) is 2.54. The third kappa shape index (κ3) is 4.03. The minimum Gasteiger partial charge on any atom is -0.365 e. The first kappa shape index (κ1) is 15.9. The molecule has 1 atom stereocenters. The number of hydrogen-bond donors (Lipinski definition) is 1. The standard InChI is InChI=1S/C14H20N2O4S/c1-3-11-4-6-13(7-5-11)21(18,19)15-8-12-9-16(2)14(17)10-20-12/h4-7,12,15H,3,8-10H2,1-2H3. The molecule has 0 saturated carbocycles.